The van der Waals surface area contributed by atoms with Gasteiger partial charge in [0, 0.05) is 5.56 Å². The maximum atomic E-state index is 12.6. The van der Waals surface area contributed by atoms with Gasteiger partial charge in [-0.2, -0.15) is 5.10 Å². The zero-order chi connectivity index (χ0) is 19.9. The molecular formula is C21H26N4O3. The molecule has 2 aliphatic rings. The number of hydrogen-bond donors (Lipinski definition) is 1. The van der Waals surface area contributed by atoms with E-state index in [-0.39, 0.29) is 23.9 Å². The van der Waals surface area contributed by atoms with Crippen molar-refractivity contribution in [3.8, 4) is 5.69 Å². The van der Waals surface area contributed by atoms with Crippen molar-refractivity contribution in [1.82, 2.24) is 20.0 Å². The summed E-state index contributed by atoms with van der Waals surface area (Å²) >= 11 is 0. The summed E-state index contributed by atoms with van der Waals surface area (Å²) in [5, 5.41) is 7.73. The highest BCUT2D eigenvalue weighted by Crippen LogP contribution is 2.41. The van der Waals surface area contributed by atoms with E-state index in [1.165, 1.54) is 10.5 Å². The predicted octanol–water partition coefficient (Wildman–Crippen LogP) is 2.76. The van der Waals surface area contributed by atoms with Crippen molar-refractivity contribution < 1.29 is 14.3 Å². The molecule has 7 nitrogen and oxygen atoms in total. The van der Waals surface area contributed by atoms with Crippen molar-refractivity contribution in [3.05, 3.63) is 47.3 Å². The third-order valence-corrected chi connectivity index (χ3v) is 5.47. The number of fused-ring (bicyclic) bond motifs is 1. The van der Waals surface area contributed by atoms with E-state index < -0.39 is 6.09 Å². The minimum absolute atomic E-state index is 0.0250. The molecule has 2 heterocycles. The van der Waals surface area contributed by atoms with E-state index in [1.54, 1.807) is 0 Å². The number of aromatic nitrogens is 2. The Morgan fingerprint density at radius 3 is 2.75 bits per heavy atom. The summed E-state index contributed by atoms with van der Waals surface area (Å²) in [6.07, 6.45) is 3.16. The molecule has 0 radical (unpaired) electrons. The van der Waals surface area contributed by atoms with E-state index in [2.05, 4.69) is 55.5 Å². The van der Waals surface area contributed by atoms with Gasteiger partial charge < -0.3 is 10.1 Å². The van der Waals surface area contributed by atoms with E-state index in [4.69, 9.17) is 4.74 Å². The molecule has 1 aliphatic heterocycles. The second-order valence-electron chi connectivity index (χ2n) is 8.50. The highest BCUT2D eigenvalue weighted by molar-refractivity contribution is 5.83. The first-order chi connectivity index (χ1) is 13.3. The number of nitrogens with zero attached hydrogens (tertiary/aromatic N) is 3. The van der Waals surface area contributed by atoms with Crippen molar-refractivity contribution in [3.63, 3.8) is 0 Å². The Labute approximate surface area is 164 Å². The van der Waals surface area contributed by atoms with Crippen molar-refractivity contribution in [1.29, 1.82) is 0 Å². The van der Waals surface area contributed by atoms with Gasteiger partial charge in [0.25, 0.3) is 0 Å². The lowest BCUT2D eigenvalue weighted by atomic mass is 9.74. The molecule has 2 amide bonds. The van der Waals surface area contributed by atoms with Gasteiger partial charge in [-0.3, -0.25) is 9.69 Å². The monoisotopic (exact) mass is 382 g/mol. The van der Waals surface area contributed by atoms with Gasteiger partial charge in [-0.1, -0.05) is 31.5 Å². The van der Waals surface area contributed by atoms with Crippen LogP contribution in [-0.2, 0) is 16.0 Å². The lowest BCUT2D eigenvalue weighted by Gasteiger charge is -2.36. The first kappa shape index (κ1) is 18.5. The molecule has 1 N–H and O–H groups in total. The van der Waals surface area contributed by atoms with Crippen LogP contribution in [0.1, 0.15) is 43.1 Å². The smallest absolute Gasteiger partial charge is 0.410 e. The first-order valence-corrected chi connectivity index (χ1v) is 9.67. The van der Waals surface area contributed by atoms with E-state index in [9.17, 15) is 9.59 Å². The van der Waals surface area contributed by atoms with Crippen LogP contribution in [0.2, 0.25) is 0 Å². The van der Waals surface area contributed by atoms with E-state index >= 15 is 0 Å². The third kappa shape index (κ3) is 3.61. The van der Waals surface area contributed by atoms with Crippen LogP contribution in [0.15, 0.2) is 30.5 Å². The number of benzene rings is 1. The summed E-state index contributed by atoms with van der Waals surface area (Å²) in [4.78, 5) is 25.6. The zero-order valence-corrected chi connectivity index (χ0v) is 16.6. The Morgan fingerprint density at radius 2 is 2.07 bits per heavy atom. The molecule has 28 heavy (non-hydrogen) atoms. The molecule has 148 valence electrons. The quantitative estimate of drug-likeness (QED) is 0.882. The van der Waals surface area contributed by atoms with Gasteiger partial charge in [-0.05, 0) is 37.3 Å². The Balaban J connectivity index is 1.57. The molecule has 1 aliphatic carbocycles. The highest BCUT2D eigenvalue weighted by Gasteiger charge is 2.36. The topological polar surface area (TPSA) is 76.5 Å². The van der Waals surface area contributed by atoms with Gasteiger partial charge in [-0.25, -0.2) is 9.48 Å². The van der Waals surface area contributed by atoms with Gasteiger partial charge in [0.2, 0.25) is 5.91 Å². The Bertz CT molecular complexity index is 901. The van der Waals surface area contributed by atoms with Crippen LogP contribution in [0, 0.1) is 12.3 Å². The molecule has 0 spiro atoms. The van der Waals surface area contributed by atoms with Crippen molar-refractivity contribution in [2.45, 2.75) is 39.7 Å². The van der Waals surface area contributed by atoms with Gasteiger partial charge in [-0.15, -0.1) is 0 Å². The van der Waals surface area contributed by atoms with Crippen LogP contribution >= 0.6 is 0 Å². The maximum Gasteiger partial charge on any atom is 0.410 e. The fourth-order valence-electron chi connectivity index (χ4n) is 4.06. The summed E-state index contributed by atoms with van der Waals surface area (Å²) in [6, 6.07) is 8.16. The molecule has 1 aromatic heterocycles. The van der Waals surface area contributed by atoms with E-state index in [0.29, 0.717) is 13.2 Å². The molecule has 1 atom stereocenters. The largest absolute Gasteiger partial charge is 0.448 e. The van der Waals surface area contributed by atoms with Crippen LogP contribution in [-0.4, -0.2) is 46.4 Å². The number of nitrogens with one attached hydrogen (secondary N) is 1. The summed E-state index contributed by atoms with van der Waals surface area (Å²) in [6.45, 7) is 7.30. The normalized spacial score (nSPS) is 20.6. The number of amides is 2. The minimum atomic E-state index is -0.424. The van der Waals surface area contributed by atoms with E-state index in [0.717, 1.165) is 29.8 Å². The molecule has 4 rings (SSSR count). The molecule has 0 unspecified atom stereocenters. The summed E-state index contributed by atoms with van der Waals surface area (Å²) in [5.74, 6) is -0.171. The van der Waals surface area contributed by atoms with Crippen molar-refractivity contribution in [2.75, 3.05) is 19.7 Å². The van der Waals surface area contributed by atoms with Crippen molar-refractivity contribution >= 4 is 12.0 Å². The van der Waals surface area contributed by atoms with Gasteiger partial charge in [0.05, 0.1) is 30.2 Å². The summed E-state index contributed by atoms with van der Waals surface area (Å²) < 4.78 is 6.88. The number of aryl methyl sites for hydroxylation is 1. The number of ether oxygens (including phenoxy) is 1. The fourth-order valence-corrected chi connectivity index (χ4v) is 4.06. The number of carbonyl (C=O) groups is 2. The standard InChI is InChI=1S/C21H26N4O3/c1-14-4-6-15(7-5-14)25-18-11-21(2,3)10-17(16(18)12-22-25)23-19(26)13-24-8-9-28-20(24)27/h4-7,12,17H,8-11,13H2,1-3H3,(H,23,26)/t17-/m1/s1. The lowest BCUT2D eigenvalue weighted by Crippen LogP contribution is -2.42. The van der Waals surface area contributed by atoms with E-state index in [1.807, 2.05) is 10.9 Å². The second kappa shape index (κ2) is 6.96. The summed E-state index contributed by atoms with van der Waals surface area (Å²) in [7, 11) is 0. The SMILES string of the molecule is Cc1ccc(-n2ncc3c2CC(C)(C)C[C@H]3NC(=O)CN2CCOC2=O)cc1. The van der Waals surface area contributed by atoms with Gasteiger partial charge in [0.15, 0.2) is 0 Å². The highest BCUT2D eigenvalue weighted by atomic mass is 16.6. The van der Waals surface area contributed by atoms with Crippen LogP contribution < -0.4 is 5.32 Å². The molecule has 1 aromatic carbocycles. The first-order valence-electron chi connectivity index (χ1n) is 9.67. The van der Waals surface area contributed by atoms with Crippen LogP contribution in [0.25, 0.3) is 5.69 Å². The molecule has 0 bridgehead atoms. The fraction of sp³-hybridized carbons (Fsp3) is 0.476. The van der Waals surface area contributed by atoms with Gasteiger partial charge in [0.1, 0.15) is 13.2 Å². The number of carbonyl (C=O) groups excluding carboxylic acids is 2. The Morgan fingerprint density at radius 1 is 1.32 bits per heavy atom. The predicted molar refractivity (Wildman–Crippen MR) is 104 cm³/mol. The zero-order valence-electron chi connectivity index (χ0n) is 16.6. The van der Waals surface area contributed by atoms with Gasteiger partial charge >= 0.3 is 6.09 Å². The van der Waals surface area contributed by atoms with Crippen LogP contribution in [0.4, 0.5) is 4.79 Å². The molecule has 2 aromatic rings. The Hall–Kier alpha value is -2.83. The average molecular weight is 382 g/mol. The number of hydrogen-bond acceptors (Lipinski definition) is 4. The summed E-state index contributed by atoms with van der Waals surface area (Å²) in [5.41, 5.74) is 4.44. The number of rotatable bonds is 4. The number of cyclic esters (lactones) is 1. The lowest BCUT2D eigenvalue weighted by molar-refractivity contribution is -0.122. The maximum absolute atomic E-state index is 12.6. The second-order valence-corrected chi connectivity index (χ2v) is 8.50. The molecule has 0 saturated carbocycles. The third-order valence-electron chi connectivity index (χ3n) is 5.47. The van der Waals surface area contributed by atoms with Crippen LogP contribution in [0.3, 0.4) is 0 Å². The molecule has 1 saturated heterocycles. The van der Waals surface area contributed by atoms with Crippen LogP contribution in [0.5, 0.6) is 0 Å². The molecule has 7 heteroatoms. The minimum Gasteiger partial charge on any atom is -0.448 e. The average Bonchev–Trinajstić information content (AvgIpc) is 3.21. The molecule has 1 fully saturated rings. The van der Waals surface area contributed by atoms with Crippen molar-refractivity contribution in [2.24, 2.45) is 5.41 Å². The molecular weight excluding hydrogens is 356 g/mol. The Kier molecular flexibility index (Phi) is 4.61.